The molecule has 0 saturated carbocycles. The molecule has 0 spiro atoms. The number of hydrogen-bond donors (Lipinski definition) is 3. The topological polar surface area (TPSA) is 144 Å². The van der Waals surface area contributed by atoms with Gasteiger partial charge in [0.05, 0.1) is 16.1 Å². The molecule has 3 N–H and O–H groups in total. The summed E-state index contributed by atoms with van der Waals surface area (Å²) in [4.78, 5) is 27.9. The number of carbonyl (C=O) groups is 1. The minimum Gasteiger partial charge on any atom is -0.507 e. The van der Waals surface area contributed by atoms with E-state index in [4.69, 9.17) is 21.1 Å². The average Bonchev–Trinajstić information content (AvgIpc) is 3.57. The van der Waals surface area contributed by atoms with Gasteiger partial charge in [-0.1, -0.05) is 25.1 Å². The molecule has 0 aliphatic carbocycles. The second-order valence-electron chi connectivity index (χ2n) is 8.25. The Hall–Kier alpha value is -5.03. The quantitative estimate of drug-likeness (QED) is 0.104. The normalized spacial score (nSPS) is 10.9. The van der Waals surface area contributed by atoms with Gasteiger partial charge in [0.15, 0.2) is 16.5 Å². The maximum Gasteiger partial charge on any atom is 0.293 e. The number of oxazole rings is 1. The minimum absolute atomic E-state index is 0.0274. The van der Waals surface area contributed by atoms with Crippen molar-refractivity contribution in [2.24, 2.45) is 0 Å². The van der Waals surface area contributed by atoms with E-state index in [0.29, 0.717) is 22.4 Å². The number of aryl methyl sites for hydroxylation is 1. The molecule has 2 aromatic heterocycles. The lowest BCUT2D eigenvalue weighted by atomic mass is 10.1. The van der Waals surface area contributed by atoms with Gasteiger partial charge in [0.25, 0.3) is 11.6 Å². The van der Waals surface area contributed by atoms with E-state index in [0.717, 1.165) is 12.0 Å². The van der Waals surface area contributed by atoms with Crippen molar-refractivity contribution >= 4 is 45.7 Å². The van der Waals surface area contributed by atoms with Crippen molar-refractivity contribution in [3.05, 3.63) is 94.2 Å². The fourth-order valence-electron chi connectivity index (χ4n) is 3.87. The number of nitrogens with zero attached hydrogens (tertiary/aromatic N) is 2. The van der Waals surface area contributed by atoms with E-state index >= 15 is 0 Å². The van der Waals surface area contributed by atoms with E-state index in [1.165, 1.54) is 30.3 Å². The fraction of sp³-hybridized carbons (Fsp3) is 0.0741. The van der Waals surface area contributed by atoms with Gasteiger partial charge < -0.3 is 19.3 Å². The molecule has 38 heavy (non-hydrogen) atoms. The molecule has 5 rings (SSSR count). The third kappa shape index (κ3) is 4.95. The Morgan fingerprint density at radius 2 is 1.87 bits per heavy atom. The maximum atomic E-state index is 12.7. The highest BCUT2D eigenvalue weighted by molar-refractivity contribution is 7.80. The Labute approximate surface area is 221 Å². The van der Waals surface area contributed by atoms with E-state index < -0.39 is 10.8 Å². The smallest absolute Gasteiger partial charge is 0.293 e. The molecule has 10 nitrogen and oxygen atoms in total. The minimum atomic E-state index is -0.642. The fourth-order valence-corrected chi connectivity index (χ4v) is 4.08. The maximum absolute atomic E-state index is 12.7. The van der Waals surface area contributed by atoms with Gasteiger partial charge in [-0.15, -0.1) is 0 Å². The van der Waals surface area contributed by atoms with Crippen LogP contribution in [0.15, 0.2) is 81.6 Å². The summed E-state index contributed by atoms with van der Waals surface area (Å²) in [6.45, 7) is 2.05. The van der Waals surface area contributed by atoms with E-state index in [9.17, 15) is 20.0 Å². The number of rotatable bonds is 6. The number of furan rings is 1. The van der Waals surface area contributed by atoms with Crippen molar-refractivity contribution in [3.8, 4) is 28.5 Å². The zero-order chi connectivity index (χ0) is 26.8. The van der Waals surface area contributed by atoms with E-state index in [-0.39, 0.29) is 39.5 Å². The van der Waals surface area contributed by atoms with Crippen LogP contribution in [0.3, 0.4) is 0 Å². The van der Waals surface area contributed by atoms with Crippen molar-refractivity contribution in [3.63, 3.8) is 0 Å². The van der Waals surface area contributed by atoms with Crippen LogP contribution >= 0.6 is 12.2 Å². The molecule has 0 atom stereocenters. The third-order valence-electron chi connectivity index (χ3n) is 5.77. The Bertz CT molecular complexity index is 1710. The molecule has 2 heterocycles. The highest BCUT2D eigenvalue weighted by Crippen LogP contribution is 2.34. The van der Waals surface area contributed by atoms with E-state index in [1.54, 1.807) is 24.3 Å². The predicted molar refractivity (Wildman–Crippen MR) is 145 cm³/mol. The van der Waals surface area contributed by atoms with Gasteiger partial charge in [-0.3, -0.25) is 20.2 Å². The first-order valence-corrected chi connectivity index (χ1v) is 11.9. The van der Waals surface area contributed by atoms with Gasteiger partial charge in [0.2, 0.25) is 5.89 Å². The van der Waals surface area contributed by atoms with Crippen LogP contribution < -0.4 is 10.6 Å². The molecular formula is C27H20N4O6S. The van der Waals surface area contributed by atoms with Gasteiger partial charge in [-0.25, -0.2) is 4.98 Å². The highest BCUT2D eigenvalue weighted by atomic mass is 32.1. The molecule has 190 valence electrons. The first-order chi connectivity index (χ1) is 18.3. The molecule has 0 aliphatic heterocycles. The van der Waals surface area contributed by atoms with Crippen molar-refractivity contribution in [1.29, 1.82) is 0 Å². The van der Waals surface area contributed by atoms with Gasteiger partial charge in [-0.2, -0.15) is 0 Å². The van der Waals surface area contributed by atoms with Crippen LogP contribution in [-0.2, 0) is 6.42 Å². The third-order valence-corrected chi connectivity index (χ3v) is 5.97. The first kappa shape index (κ1) is 24.7. The number of nitro groups is 1. The number of phenolic OH excluding ortho intramolecular Hbond substituents is 1. The second-order valence-corrected chi connectivity index (χ2v) is 8.66. The summed E-state index contributed by atoms with van der Waals surface area (Å²) in [5.74, 6) is -0.342. The molecule has 0 bridgehead atoms. The number of nitrogens with one attached hydrogen (secondary N) is 2. The number of fused-ring (bicyclic) bond motifs is 1. The van der Waals surface area contributed by atoms with Gasteiger partial charge >= 0.3 is 0 Å². The van der Waals surface area contributed by atoms with Crippen molar-refractivity contribution in [2.45, 2.75) is 13.3 Å². The predicted octanol–water partition coefficient (Wildman–Crippen LogP) is 6.06. The number of amides is 1. The molecule has 0 unspecified atom stereocenters. The number of carbonyl (C=O) groups excluding carboxylic acids is 1. The van der Waals surface area contributed by atoms with Crippen LogP contribution in [-0.4, -0.2) is 26.0 Å². The number of thiocarbonyl (C=S) groups is 1. The molecule has 3 aromatic carbocycles. The number of aromatic nitrogens is 1. The molecule has 0 radical (unpaired) electrons. The number of phenols is 1. The summed E-state index contributed by atoms with van der Waals surface area (Å²) in [6.07, 6.45) is 0.859. The largest absolute Gasteiger partial charge is 0.507 e. The Morgan fingerprint density at radius 3 is 2.66 bits per heavy atom. The summed E-state index contributed by atoms with van der Waals surface area (Å²) in [6, 6.07) is 19.3. The Balaban J connectivity index is 1.30. The van der Waals surface area contributed by atoms with Crippen LogP contribution in [0.25, 0.3) is 33.9 Å². The molecule has 0 aliphatic rings. The molecule has 0 saturated heterocycles. The lowest BCUT2D eigenvalue weighted by Gasteiger charge is -2.10. The highest BCUT2D eigenvalue weighted by Gasteiger charge is 2.20. The number of anilines is 1. The standard InChI is InChI=1S/C27H20N4O6S/c1-2-15-7-10-23-19(13-15)29-26(37-23)18-14-16(8-9-21(18)32)28-27(38)30-25(33)24-12-11-22(36-24)17-5-3-4-6-20(17)31(34)35/h3-14,32H,2H2,1H3,(H2,28,30,33,38). The number of hydrogen-bond acceptors (Lipinski definition) is 8. The first-order valence-electron chi connectivity index (χ1n) is 11.5. The van der Waals surface area contributed by atoms with Crippen LogP contribution in [0.2, 0.25) is 0 Å². The zero-order valence-corrected chi connectivity index (χ0v) is 20.7. The van der Waals surface area contributed by atoms with Gasteiger partial charge in [0, 0.05) is 11.8 Å². The molecule has 1 amide bonds. The SMILES string of the molecule is CCc1ccc2oc(-c3cc(NC(=S)NC(=O)c4ccc(-c5ccccc5[N+](=O)[O-])o4)ccc3O)nc2c1. The Kier molecular flexibility index (Phi) is 6.58. The number of para-hydroxylation sites is 1. The molecule has 5 aromatic rings. The number of aromatic hydroxyl groups is 1. The summed E-state index contributed by atoms with van der Waals surface area (Å²) in [5, 5.41) is 27.1. The molecule has 0 fully saturated rings. The van der Waals surface area contributed by atoms with Crippen LogP contribution in [0, 0.1) is 10.1 Å². The molecule has 11 heteroatoms. The summed E-state index contributed by atoms with van der Waals surface area (Å²) >= 11 is 5.26. The van der Waals surface area contributed by atoms with Crippen molar-refractivity contribution in [1.82, 2.24) is 10.3 Å². The number of nitro benzene ring substituents is 1. The molecular weight excluding hydrogens is 508 g/mol. The van der Waals surface area contributed by atoms with Crippen molar-refractivity contribution < 1.29 is 23.7 Å². The van der Waals surface area contributed by atoms with Crippen LogP contribution in [0.1, 0.15) is 23.0 Å². The van der Waals surface area contributed by atoms with Gasteiger partial charge in [0.1, 0.15) is 17.0 Å². The van der Waals surface area contributed by atoms with E-state index in [2.05, 4.69) is 15.6 Å². The van der Waals surface area contributed by atoms with Crippen LogP contribution in [0.5, 0.6) is 5.75 Å². The van der Waals surface area contributed by atoms with Crippen molar-refractivity contribution in [2.75, 3.05) is 5.32 Å². The lowest BCUT2D eigenvalue weighted by molar-refractivity contribution is -0.384. The summed E-state index contributed by atoms with van der Waals surface area (Å²) < 4.78 is 11.4. The van der Waals surface area contributed by atoms with E-state index in [1.807, 2.05) is 25.1 Å². The lowest BCUT2D eigenvalue weighted by Crippen LogP contribution is -2.33. The van der Waals surface area contributed by atoms with Crippen LogP contribution in [0.4, 0.5) is 11.4 Å². The second kappa shape index (κ2) is 10.1. The average molecular weight is 529 g/mol. The summed E-state index contributed by atoms with van der Waals surface area (Å²) in [5.41, 5.74) is 3.31. The monoisotopic (exact) mass is 528 g/mol. The van der Waals surface area contributed by atoms with Gasteiger partial charge in [-0.05, 0) is 72.7 Å². The number of benzene rings is 3. The summed E-state index contributed by atoms with van der Waals surface area (Å²) in [7, 11) is 0. The zero-order valence-electron chi connectivity index (χ0n) is 19.9. The Morgan fingerprint density at radius 1 is 1.05 bits per heavy atom.